The Bertz CT molecular complexity index is 998. The van der Waals surface area contributed by atoms with Crippen LogP contribution in [0.3, 0.4) is 0 Å². The lowest BCUT2D eigenvalue weighted by atomic mass is 10.0. The van der Waals surface area contributed by atoms with Crippen molar-refractivity contribution in [3.05, 3.63) is 60.2 Å². The number of likely N-dealkylation sites (tertiary alicyclic amines) is 1. The molecule has 8 nitrogen and oxygen atoms in total. The van der Waals surface area contributed by atoms with Crippen LogP contribution in [0.5, 0.6) is 0 Å². The molecule has 4 rings (SSSR count). The Kier molecular flexibility index (Phi) is 7.02. The summed E-state index contributed by atoms with van der Waals surface area (Å²) in [5, 5.41) is 2.95. The number of nitrogens with zero attached hydrogens (tertiary/aromatic N) is 3. The standard InChI is InChI=1S/C25H28N4O4/c30-22-10-11-23(31)29(22)18-24(32)27-14-16-28(17-15-27)25(33)26-13-12-19-6-8-21(9-7-19)20-4-2-1-3-5-20/h1-9H,10-18H2,(H,26,33). The molecule has 172 valence electrons. The minimum absolute atomic E-state index is 0.145. The number of benzene rings is 2. The molecule has 2 aliphatic heterocycles. The van der Waals surface area contributed by atoms with Crippen LogP contribution in [0, 0.1) is 0 Å². The van der Waals surface area contributed by atoms with E-state index in [1.807, 2.05) is 18.2 Å². The van der Waals surface area contributed by atoms with Crippen LogP contribution in [0.2, 0.25) is 0 Å². The zero-order valence-corrected chi connectivity index (χ0v) is 18.5. The number of amides is 5. The molecule has 2 aliphatic rings. The largest absolute Gasteiger partial charge is 0.338 e. The maximum atomic E-state index is 12.5. The van der Waals surface area contributed by atoms with Gasteiger partial charge in [0.1, 0.15) is 6.54 Å². The van der Waals surface area contributed by atoms with E-state index in [0.29, 0.717) is 32.7 Å². The summed E-state index contributed by atoms with van der Waals surface area (Å²) in [4.78, 5) is 52.6. The lowest BCUT2D eigenvalue weighted by Crippen LogP contribution is -2.55. The topological polar surface area (TPSA) is 90.0 Å². The summed E-state index contributed by atoms with van der Waals surface area (Å²) in [5.74, 6) is -0.834. The SMILES string of the molecule is O=C(CN1C(=O)CCC1=O)N1CCN(C(=O)NCCc2ccc(-c3ccccc3)cc2)CC1. The number of hydrogen-bond donors (Lipinski definition) is 1. The fourth-order valence-electron chi connectivity index (χ4n) is 4.11. The van der Waals surface area contributed by atoms with Crippen molar-refractivity contribution in [3.63, 3.8) is 0 Å². The van der Waals surface area contributed by atoms with Crippen LogP contribution in [0.25, 0.3) is 11.1 Å². The van der Waals surface area contributed by atoms with Crippen LogP contribution in [0.1, 0.15) is 18.4 Å². The summed E-state index contributed by atoms with van der Waals surface area (Å²) in [6, 6.07) is 18.4. The summed E-state index contributed by atoms with van der Waals surface area (Å²) in [6.45, 7) is 1.96. The Hall–Kier alpha value is -3.68. The summed E-state index contributed by atoms with van der Waals surface area (Å²) in [5.41, 5.74) is 3.49. The third-order valence-electron chi connectivity index (χ3n) is 6.12. The molecule has 0 aliphatic carbocycles. The molecular weight excluding hydrogens is 420 g/mol. The van der Waals surface area contributed by atoms with E-state index in [-0.39, 0.29) is 43.1 Å². The van der Waals surface area contributed by atoms with Gasteiger partial charge in [-0.25, -0.2) is 4.79 Å². The van der Waals surface area contributed by atoms with Crippen molar-refractivity contribution in [2.75, 3.05) is 39.3 Å². The molecule has 5 amide bonds. The predicted octanol–water partition coefficient (Wildman–Crippen LogP) is 1.90. The molecule has 2 saturated heterocycles. The quantitative estimate of drug-likeness (QED) is 0.684. The molecule has 0 aromatic heterocycles. The number of piperazine rings is 1. The second-order valence-electron chi connectivity index (χ2n) is 8.29. The van der Waals surface area contributed by atoms with Crippen molar-refractivity contribution >= 4 is 23.8 Å². The molecule has 0 bridgehead atoms. The van der Waals surface area contributed by atoms with E-state index < -0.39 is 0 Å². The molecule has 0 radical (unpaired) electrons. The number of imide groups is 1. The molecule has 1 N–H and O–H groups in total. The third-order valence-corrected chi connectivity index (χ3v) is 6.12. The lowest BCUT2D eigenvalue weighted by Gasteiger charge is -2.35. The number of carbonyl (C=O) groups excluding carboxylic acids is 4. The van der Waals surface area contributed by atoms with Crippen LogP contribution in [0.4, 0.5) is 4.79 Å². The van der Waals surface area contributed by atoms with E-state index in [1.54, 1.807) is 9.80 Å². The second kappa shape index (κ2) is 10.3. The van der Waals surface area contributed by atoms with Crippen molar-refractivity contribution < 1.29 is 19.2 Å². The highest BCUT2D eigenvalue weighted by molar-refractivity contribution is 6.04. The van der Waals surface area contributed by atoms with Crippen LogP contribution >= 0.6 is 0 Å². The van der Waals surface area contributed by atoms with E-state index in [0.717, 1.165) is 22.4 Å². The van der Waals surface area contributed by atoms with E-state index >= 15 is 0 Å². The van der Waals surface area contributed by atoms with Crippen molar-refractivity contribution in [1.29, 1.82) is 0 Å². The Balaban J connectivity index is 1.18. The van der Waals surface area contributed by atoms with Crippen molar-refractivity contribution in [2.24, 2.45) is 0 Å². The highest BCUT2D eigenvalue weighted by Crippen LogP contribution is 2.19. The fraction of sp³-hybridized carbons (Fsp3) is 0.360. The van der Waals surface area contributed by atoms with Crippen LogP contribution in [0.15, 0.2) is 54.6 Å². The van der Waals surface area contributed by atoms with Gasteiger partial charge in [0.2, 0.25) is 17.7 Å². The number of urea groups is 1. The van der Waals surface area contributed by atoms with Crippen LogP contribution in [-0.4, -0.2) is 77.7 Å². The highest BCUT2D eigenvalue weighted by Gasteiger charge is 2.32. The minimum Gasteiger partial charge on any atom is -0.338 e. The molecule has 8 heteroatoms. The zero-order chi connectivity index (χ0) is 23.2. The van der Waals surface area contributed by atoms with Gasteiger partial charge in [0.05, 0.1) is 0 Å². The van der Waals surface area contributed by atoms with Crippen molar-refractivity contribution in [1.82, 2.24) is 20.0 Å². The van der Waals surface area contributed by atoms with E-state index in [2.05, 4.69) is 41.7 Å². The van der Waals surface area contributed by atoms with Gasteiger partial charge >= 0.3 is 6.03 Å². The van der Waals surface area contributed by atoms with E-state index in [4.69, 9.17) is 0 Å². The number of nitrogens with one attached hydrogen (secondary N) is 1. The van der Waals surface area contributed by atoms with Gasteiger partial charge in [-0.1, -0.05) is 54.6 Å². The van der Waals surface area contributed by atoms with Crippen molar-refractivity contribution in [2.45, 2.75) is 19.3 Å². The molecule has 0 spiro atoms. The first kappa shape index (κ1) is 22.5. The molecule has 2 heterocycles. The van der Waals surface area contributed by atoms with Gasteiger partial charge < -0.3 is 15.1 Å². The lowest BCUT2D eigenvalue weighted by molar-refractivity contribution is -0.146. The Morgan fingerprint density at radius 2 is 1.33 bits per heavy atom. The molecular formula is C25H28N4O4. The molecule has 2 aromatic rings. The summed E-state index contributed by atoms with van der Waals surface area (Å²) < 4.78 is 0. The van der Waals surface area contributed by atoms with Crippen LogP contribution in [-0.2, 0) is 20.8 Å². The molecule has 0 saturated carbocycles. The summed E-state index contributed by atoms with van der Waals surface area (Å²) >= 11 is 0. The Morgan fingerprint density at radius 3 is 1.97 bits per heavy atom. The van der Waals surface area contributed by atoms with E-state index in [9.17, 15) is 19.2 Å². The molecule has 0 atom stereocenters. The maximum Gasteiger partial charge on any atom is 0.317 e. The first-order chi connectivity index (χ1) is 16.0. The van der Waals surface area contributed by atoms with Gasteiger partial charge in [0, 0.05) is 45.6 Å². The Labute approximate surface area is 193 Å². The van der Waals surface area contributed by atoms with Gasteiger partial charge in [0.15, 0.2) is 0 Å². The average Bonchev–Trinajstić information content (AvgIpc) is 3.17. The van der Waals surface area contributed by atoms with E-state index in [1.165, 1.54) is 5.56 Å². The first-order valence-electron chi connectivity index (χ1n) is 11.3. The fourth-order valence-corrected chi connectivity index (χ4v) is 4.11. The third kappa shape index (κ3) is 5.58. The van der Waals surface area contributed by atoms with Crippen molar-refractivity contribution in [3.8, 4) is 11.1 Å². The molecule has 33 heavy (non-hydrogen) atoms. The van der Waals surface area contributed by atoms with Gasteiger partial charge in [-0.2, -0.15) is 0 Å². The maximum absolute atomic E-state index is 12.5. The smallest absolute Gasteiger partial charge is 0.317 e. The van der Waals surface area contributed by atoms with Gasteiger partial charge in [-0.3, -0.25) is 19.3 Å². The van der Waals surface area contributed by atoms with Gasteiger partial charge in [0.25, 0.3) is 0 Å². The monoisotopic (exact) mass is 448 g/mol. The minimum atomic E-state index is -0.291. The predicted molar refractivity (Wildman–Crippen MR) is 123 cm³/mol. The summed E-state index contributed by atoms with van der Waals surface area (Å²) in [6.07, 6.45) is 1.09. The summed E-state index contributed by atoms with van der Waals surface area (Å²) in [7, 11) is 0. The number of rotatable bonds is 6. The Morgan fingerprint density at radius 1 is 0.758 bits per heavy atom. The number of hydrogen-bond acceptors (Lipinski definition) is 4. The van der Waals surface area contributed by atoms with Crippen LogP contribution < -0.4 is 5.32 Å². The average molecular weight is 449 g/mol. The van der Waals surface area contributed by atoms with Gasteiger partial charge in [-0.15, -0.1) is 0 Å². The molecule has 0 unspecified atom stereocenters. The molecule has 2 fully saturated rings. The second-order valence-corrected chi connectivity index (χ2v) is 8.29. The molecule has 2 aromatic carbocycles. The highest BCUT2D eigenvalue weighted by atomic mass is 16.2. The zero-order valence-electron chi connectivity index (χ0n) is 18.5. The first-order valence-corrected chi connectivity index (χ1v) is 11.3. The normalized spacial score (nSPS) is 16.3. The van der Waals surface area contributed by atoms with Gasteiger partial charge in [-0.05, 0) is 23.1 Å². The number of carbonyl (C=O) groups is 4.